The van der Waals surface area contributed by atoms with E-state index in [1.165, 1.54) is 11.8 Å². The lowest BCUT2D eigenvalue weighted by Crippen LogP contribution is -1.97. The minimum Gasteiger partial charge on any atom is -0.296 e. The van der Waals surface area contributed by atoms with Gasteiger partial charge in [0, 0.05) is 6.20 Å². The third-order valence-corrected chi connectivity index (χ3v) is 2.92. The first kappa shape index (κ1) is 9.17. The van der Waals surface area contributed by atoms with Crippen LogP contribution in [0.2, 0.25) is 0 Å². The molecule has 2 aromatic rings. The molecule has 2 heterocycles. The second kappa shape index (κ2) is 3.39. The molecule has 13 heavy (non-hydrogen) atoms. The summed E-state index contributed by atoms with van der Waals surface area (Å²) >= 11 is 9.91. The second-order valence-electron chi connectivity index (χ2n) is 2.27. The van der Waals surface area contributed by atoms with Crippen LogP contribution in [-0.2, 0) is 0 Å². The van der Waals surface area contributed by atoms with Gasteiger partial charge in [-0.05, 0) is 34.4 Å². The van der Waals surface area contributed by atoms with Crippen LogP contribution in [0.4, 0.5) is 0 Å². The van der Waals surface area contributed by atoms with E-state index in [1.54, 1.807) is 10.7 Å². The maximum Gasteiger partial charge on any atom is 0.223 e. The first-order chi connectivity index (χ1) is 6.22. The molecule has 0 saturated heterocycles. The fourth-order valence-electron chi connectivity index (χ4n) is 0.942. The molecular formula is C6H5BrN4S2. The van der Waals surface area contributed by atoms with Crippen molar-refractivity contribution in [2.45, 2.75) is 5.16 Å². The number of hydrogen-bond donors (Lipinski definition) is 1. The summed E-state index contributed by atoms with van der Waals surface area (Å²) in [6, 6.07) is 0. The zero-order chi connectivity index (χ0) is 9.42. The molecule has 0 fully saturated rings. The van der Waals surface area contributed by atoms with Crippen LogP contribution in [0, 0.1) is 4.77 Å². The molecule has 0 aliphatic carbocycles. The number of fused-ring (bicyclic) bond motifs is 1. The van der Waals surface area contributed by atoms with E-state index in [4.69, 9.17) is 12.2 Å². The molecule has 0 spiro atoms. The average molecular weight is 277 g/mol. The fourth-order valence-corrected chi connectivity index (χ4v) is 1.95. The maximum atomic E-state index is 5.07. The van der Waals surface area contributed by atoms with E-state index in [9.17, 15) is 0 Å². The normalized spacial score (nSPS) is 10.9. The molecule has 0 aromatic carbocycles. The van der Waals surface area contributed by atoms with Crippen LogP contribution in [0.15, 0.2) is 15.8 Å². The molecule has 0 aliphatic rings. The molecule has 1 N–H and O–H groups in total. The Morgan fingerprint density at radius 3 is 3.08 bits per heavy atom. The monoisotopic (exact) mass is 276 g/mol. The van der Waals surface area contributed by atoms with Gasteiger partial charge in [0.25, 0.3) is 0 Å². The predicted molar refractivity (Wildman–Crippen MR) is 57.7 cm³/mol. The summed E-state index contributed by atoms with van der Waals surface area (Å²) in [6.07, 6.45) is 3.70. The molecule has 68 valence electrons. The Balaban J connectivity index is 2.88. The van der Waals surface area contributed by atoms with Crippen molar-refractivity contribution < 1.29 is 0 Å². The Morgan fingerprint density at radius 1 is 1.62 bits per heavy atom. The lowest BCUT2D eigenvalue weighted by Gasteiger charge is -1.96. The zero-order valence-electron chi connectivity index (χ0n) is 6.61. The van der Waals surface area contributed by atoms with Crippen molar-refractivity contribution in [3.63, 3.8) is 0 Å². The minimum atomic E-state index is 0.486. The number of nitrogens with zero attached hydrogens (tertiary/aromatic N) is 3. The van der Waals surface area contributed by atoms with Crippen molar-refractivity contribution in [3.05, 3.63) is 15.4 Å². The van der Waals surface area contributed by atoms with Crippen LogP contribution in [0.1, 0.15) is 0 Å². The van der Waals surface area contributed by atoms with Crippen molar-refractivity contribution in [1.29, 1.82) is 0 Å². The molecule has 0 atom stereocenters. The molecule has 2 rings (SSSR count). The number of H-pyrrole nitrogens is 1. The summed E-state index contributed by atoms with van der Waals surface area (Å²) in [5, 5.41) is 3.62. The van der Waals surface area contributed by atoms with E-state index >= 15 is 0 Å². The third-order valence-electron chi connectivity index (χ3n) is 1.51. The van der Waals surface area contributed by atoms with Gasteiger partial charge in [-0.1, -0.05) is 11.8 Å². The van der Waals surface area contributed by atoms with Gasteiger partial charge in [-0.3, -0.25) is 5.10 Å². The van der Waals surface area contributed by atoms with Gasteiger partial charge in [0.2, 0.25) is 4.77 Å². The van der Waals surface area contributed by atoms with Crippen molar-refractivity contribution in [2.24, 2.45) is 0 Å². The van der Waals surface area contributed by atoms with E-state index in [0.29, 0.717) is 9.93 Å². The molecule has 0 unspecified atom stereocenters. The summed E-state index contributed by atoms with van der Waals surface area (Å²) in [7, 11) is 0. The first-order valence-electron chi connectivity index (χ1n) is 3.40. The summed E-state index contributed by atoms with van der Waals surface area (Å²) in [5.74, 6) is 0. The number of rotatable bonds is 1. The van der Waals surface area contributed by atoms with Crippen molar-refractivity contribution >= 4 is 45.6 Å². The molecule has 0 aliphatic heterocycles. The smallest absolute Gasteiger partial charge is 0.223 e. The van der Waals surface area contributed by atoms with Crippen LogP contribution in [0.3, 0.4) is 0 Å². The van der Waals surface area contributed by atoms with Gasteiger partial charge in [-0.2, -0.15) is 4.98 Å². The SMILES string of the molecule is CSc1nc(=S)n2[nH]cc(Br)c2n1. The molecule has 7 heteroatoms. The van der Waals surface area contributed by atoms with Crippen LogP contribution in [-0.4, -0.2) is 25.8 Å². The van der Waals surface area contributed by atoms with Crippen LogP contribution < -0.4 is 0 Å². The second-order valence-corrected chi connectivity index (χ2v) is 4.27. The number of thioether (sulfide) groups is 1. The number of aromatic nitrogens is 4. The number of halogens is 1. The standard InChI is InChI=1S/C6H5BrN4S2/c1-13-5-9-4-3(7)2-8-11(4)6(12)10-5/h2,8H,1H3. The summed E-state index contributed by atoms with van der Waals surface area (Å²) in [5.41, 5.74) is 0.768. The molecule has 0 radical (unpaired) electrons. The number of nitrogens with one attached hydrogen (secondary N) is 1. The van der Waals surface area contributed by atoms with Crippen molar-refractivity contribution in [1.82, 2.24) is 19.6 Å². The van der Waals surface area contributed by atoms with E-state index in [1.807, 2.05) is 6.26 Å². The zero-order valence-corrected chi connectivity index (χ0v) is 9.83. The fraction of sp³-hybridized carbons (Fsp3) is 0.167. The Morgan fingerprint density at radius 2 is 2.38 bits per heavy atom. The molecular weight excluding hydrogens is 272 g/mol. The topological polar surface area (TPSA) is 46.0 Å². The van der Waals surface area contributed by atoms with Crippen molar-refractivity contribution in [2.75, 3.05) is 6.26 Å². The van der Waals surface area contributed by atoms with Crippen molar-refractivity contribution in [3.8, 4) is 0 Å². The maximum absolute atomic E-state index is 5.07. The van der Waals surface area contributed by atoms with Gasteiger partial charge in [-0.15, -0.1) is 0 Å². The number of aromatic amines is 1. The largest absolute Gasteiger partial charge is 0.296 e. The average Bonchev–Trinajstić information content (AvgIpc) is 2.48. The highest BCUT2D eigenvalue weighted by Crippen LogP contribution is 2.17. The third kappa shape index (κ3) is 1.51. The van der Waals surface area contributed by atoms with Crippen LogP contribution >= 0.6 is 39.9 Å². The Bertz CT molecular complexity index is 503. The van der Waals surface area contributed by atoms with Crippen LogP contribution in [0.5, 0.6) is 0 Å². The van der Waals surface area contributed by atoms with Gasteiger partial charge < -0.3 is 0 Å². The lowest BCUT2D eigenvalue weighted by molar-refractivity contribution is 0.816. The Hall–Kier alpha value is -0.400. The highest BCUT2D eigenvalue weighted by molar-refractivity contribution is 9.10. The molecule has 0 amide bonds. The molecule has 4 nitrogen and oxygen atoms in total. The van der Waals surface area contributed by atoms with E-state index in [-0.39, 0.29) is 0 Å². The van der Waals surface area contributed by atoms with Crippen LogP contribution in [0.25, 0.3) is 5.65 Å². The molecule has 0 saturated carbocycles. The summed E-state index contributed by atoms with van der Waals surface area (Å²) < 4.78 is 3.02. The lowest BCUT2D eigenvalue weighted by atomic mass is 10.7. The Kier molecular flexibility index (Phi) is 2.39. The predicted octanol–water partition coefficient (Wildman–Crippen LogP) is 2.27. The minimum absolute atomic E-state index is 0.486. The number of hydrogen-bond acceptors (Lipinski definition) is 4. The van der Waals surface area contributed by atoms with Gasteiger partial charge >= 0.3 is 0 Å². The van der Waals surface area contributed by atoms with Gasteiger partial charge in [0.15, 0.2) is 10.8 Å². The summed E-state index contributed by atoms with van der Waals surface area (Å²) in [4.78, 5) is 8.39. The van der Waals surface area contributed by atoms with Gasteiger partial charge in [0.1, 0.15) is 0 Å². The molecule has 2 aromatic heterocycles. The highest BCUT2D eigenvalue weighted by Gasteiger charge is 2.04. The van der Waals surface area contributed by atoms with E-state index in [0.717, 1.165) is 10.1 Å². The molecule has 0 bridgehead atoms. The van der Waals surface area contributed by atoms with Gasteiger partial charge in [0.05, 0.1) is 4.47 Å². The highest BCUT2D eigenvalue weighted by atomic mass is 79.9. The summed E-state index contributed by atoms with van der Waals surface area (Å²) in [6.45, 7) is 0. The quantitative estimate of drug-likeness (QED) is 0.641. The van der Waals surface area contributed by atoms with E-state index < -0.39 is 0 Å². The van der Waals surface area contributed by atoms with E-state index in [2.05, 4.69) is 31.0 Å². The van der Waals surface area contributed by atoms with Gasteiger partial charge in [-0.25, -0.2) is 9.50 Å². The first-order valence-corrected chi connectivity index (χ1v) is 5.82. The Labute approximate surface area is 91.9 Å².